The molecule has 12 rings (SSSR count). The molecule has 0 saturated carbocycles. The van der Waals surface area contributed by atoms with Crippen LogP contribution in [0.4, 0.5) is 0 Å². The summed E-state index contributed by atoms with van der Waals surface area (Å²) in [6, 6.07) is 61.8. The van der Waals surface area contributed by atoms with E-state index < -0.39 is 0 Å². The molecule has 51 heavy (non-hydrogen) atoms. The molecule has 0 aromatic heterocycles. The van der Waals surface area contributed by atoms with Crippen LogP contribution in [0.5, 0.6) is 0 Å². The average Bonchev–Trinajstić information content (AvgIpc) is 3.67. The van der Waals surface area contributed by atoms with Crippen molar-refractivity contribution in [3.8, 4) is 66.8 Å². The van der Waals surface area contributed by atoms with Crippen LogP contribution in [0.3, 0.4) is 0 Å². The van der Waals surface area contributed by atoms with Gasteiger partial charge in [0.2, 0.25) is 0 Å². The molecule has 0 atom stereocenters. The highest BCUT2D eigenvalue weighted by molar-refractivity contribution is 6.29. The van der Waals surface area contributed by atoms with Gasteiger partial charge in [0.25, 0.3) is 0 Å². The van der Waals surface area contributed by atoms with Crippen LogP contribution < -0.4 is 0 Å². The van der Waals surface area contributed by atoms with Gasteiger partial charge in [-0.1, -0.05) is 140 Å². The standard InChI is InChI=1S/C51H30/c1-29-11-5-6-18-33(29)50-38-24-23-34-41(45(38)28-47-37-21-9-16-32-17-10-22-39(49(32)37)51(47)50)25-40(30-12-3-2-4-13-30)46-27-44-36-20-8-15-31-14-7-19-35(48(31)36)43(44)26-42(34)46/h2-28H,1H3. The van der Waals surface area contributed by atoms with Gasteiger partial charge in [-0.15, -0.1) is 0 Å². The van der Waals surface area contributed by atoms with Gasteiger partial charge in [0.15, 0.2) is 0 Å². The Bertz CT molecular complexity index is 3170. The first-order valence-corrected chi connectivity index (χ1v) is 17.9. The predicted molar refractivity (Wildman–Crippen MR) is 218 cm³/mol. The Kier molecular flexibility index (Phi) is 5.26. The van der Waals surface area contributed by atoms with E-state index in [0.717, 1.165) is 0 Å². The second kappa shape index (κ2) is 9.81. The monoisotopic (exact) mass is 642 g/mol. The Morgan fingerprint density at radius 3 is 1.47 bits per heavy atom. The minimum atomic E-state index is 1.24. The van der Waals surface area contributed by atoms with Crippen LogP contribution in [0.15, 0.2) is 164 Å². The van der Waals surface area contributed by atoms with E-state index in [1.165, 1.54) is 126 Å². The lowest BCUT2D eigenvalue weighted by Crippen LogP contribution is -1.93. The van der Waals surface area contributed by atoms with Gasteiger partial charge in [0.1, 0.15) is 0 Å². The normalized spacial score (nSPS) is 12.4. The Morgan fingerprint density at radius 1 is 0.275 bits per heavy atom. The van der Waals surface area contributed by atoms with Crippen molar-refractivity contribution >= 4 is 53.9 Å². The minimum Gasteiger partial charge on any atom is -0.0622 e. The number of hydrogen-bond acceptors (Lipinski definition) is 0. The maximum Gasteiger partial charge on any atom is -0.00136 e. The number of aryl methyl sites for hydroxylation is 1. The van der Waals surface area contributed by atoms with E-state index >= 15 is 0 Å². The van der Waals surface area contributed by atoms with Gasteiger partial charge in [-0.25, -0.2) is 0 Å². The largest absolute Gasteiger partial charge is 0.0622 e. The molecule has 234 valence electrons. The van der Waals surface area contributed by atoms with Crippen molar-refractivity contribution in [1.29, 1.82) is 0 Å². The van der Waals surface area contributed by atoms with Gasteiger partial charge in [-0.2, -0.15) is 0 Å². The summed E-state index contributed by atoms with van der Waals surface area (Å²) in [4.78, 5) is 0. The maximum atomic E-state index is 2.51. The molecule has 0 radical (unpaired) electrons. The van der Waals surface area contributed by atoms with Crippen molar-refractivity contribution in [1.82, 2.24) is 0 Å². The molecule has 0 bridgehead atoms. The van der Waals surface area contributed by atoms with Gasteiger partial charge in [0, 0.05) is 0 Å². The third-order valence-corrected chi connectivity index (χ3v) is 11.8. The molecule has 2 aliphatic carbocycles. The zero-order chi connectivity index (χ0) is 33.4. The van der Waals surface area contributed by atoms with Gasteiger partial charge in [0.05, 0.1) is 0 Å². The minimum absolute atomic E-state index is 1.24. The van der Waals surface area contributed by atoms with Crippen LogP contribution >= 0.6 is 0 Å². The first-order chi connectivity index (χ1) is 25.2. The van der Waals surface area contributed by atoms with E-state index in [1.54, 1.807) is 0 Å². The Labute approximate surface area is 295 Å². The van der Waals surface area contributed by atoms with Crippen LogP contribution in [0.2, 0.25) is 0 Å². The molecule has 0 unspecified atom stereocenters. The van der Waals surface area contributed by atoms with E-state index in [2.05, 4.69) is 171 Å². The van der Waals surface area contributed by atoms with E-state index in [1.807, 2.05) is 0 Å². The summed E-state index contributed by atoms with van der Waals surface area (Å²) in [5, 5.41) is 13.1. The van der Waals surface area contributed by atoms with Gasteiger partial charge in [-0.05, 0) is 157 Å². The van der Waals surface area contributed by atoms with Crippen LogP contribution in [0.1, 0.15) is 5.56 Å². The molecule has 0 heteroatoms. The molecule has 2 aliphatic rings. The topological polar surface area (TPSA) is 0 Å². The Morgan fingerprint density at radius 2 is 0.765 bits per heavy atom. The molecule has 0 amide bonds. The predicted octanol–water partition coefficient (Wildman–Crippen LogP) is 14.4. The Balaban J connectivity index is 1.27. The number of benzene rings is 10. The van der Waals surface area contributed by atoms with Crippen molar-refractivity contribution in [3.05, 3.63) is 169 Å². The third-order valence-electron chi connectivity index (χ3n) is 11.8. The highest BCUT2D eigenvalue weighted by Crippen LogP contribution is 2.56. The van der Waals surface area contributed by atoms with Gasteiger partial charge < -0.3 is 0 Å². The third kappa shape index (κ3) is 3.54. The zero-order valence-corrected chi connectivity index (χ0v) is 28.1. The van der Waals surface area contributed by atoms with Crippen molar-refractivity contribution in [2.45, 2.75) is 6.92 Å². The molecule has 0 nitrogen and oxygen atoms in total. The van der Waals surface area contributed by atoms with E-state index in [-0.39, 0.29) is 0 Å². The average molecular weight is 643 g/mol. The van der Waals surface area contributed by atoms with E-state index in [9.17, 15) is 0 Å². The number of fused-ring (bicyclic) bond motifs is 11. The molecule has 0 N–H and O–H groups in total. The van der Waals surface area contributed by atoms with Crippen molar-refractivity contribution in [3.63, 3.8) is 0 Å². The number of rotatable bonds is 2. The quantitative estimate of drug-likeness (QED) is 0.165. The zero-order valence-electron chi connectivity index (χ0n) is 28.1. The summed E-state index contributed by atoms with van der Waals surface area (Å²) in [5.74, 6) is 0. The maximum absolute atomic E-state index is 2.51. The van der Waals surface area contributed by atoms with Crippen LogP contribution in [-0.2, 0) is 0 Å². The van der Waals surface area contributed by atoms with Crippen LogP contribution in [0.25, 0.3) is 121 Å². The lowest BCUT2D eigenvalue weighted by molar-refractivity contribution is 1.47. The molecule has 0 saturated heterocycles. The summed E-state index contributed by atoms with van der Waals surface area (Å²) in [6.45, 7) is 2.25. The van der Waals surface area contributed by atoms with Crippen molar-refractivity contribution < 1.29 is 0 Å². The summed E-state index contributed by atoms with van der Waals surface area (Å²) in [6.07, 6.45) is 0. The fourth-order valence-electron chi connectivity index (χ4n) is 9.64. The van der Waals surface area contributed by atoms with Crippen LogP contribution in [-0.4, -0.2) is 0 Å². The number of hydrogen-bond donors (Lipinski definition) is 0. The van der Waals surface area contributed by atoms with E-state index in [4.69, 9.17) is 0 Å². The van der Waals surface area contributed by atoms with Crippen molar-refractivity contribution in [2.24, 2.45) is 0 Å². The second-order valence-electron chi connectivity index (χ2n) is 14.4. The summed E-state index contributed by atoms with van der Waals surface area (Å²) in [7, 11) is 0. The molecule has 10 aromatic rings. The highest BCUT2D eigenvalue weighted by atomic mass is 14.3. The Hall–Kier alpha value is -6.50. The van der Waals surface area contributed by atoms with Gasteiger partial charge in [-0.3, -0.25) is 0 Å². The first kappa shape index (κ1) is 27.3. The lowest BCUT2D eigenvalue weighted by Gasteiger charge is -2.20. The lowest BCUT2D eigenvalue weighted by atomic mass is 9.83. The fraction of sp³-hybridized carbons (Fsp3) is 0.0196. The highest BCUT2D eigenvalue weighted by Gasteiger charge is 2.28. The summed E-state index contributed by atoms with van der Waals surface area (Å²) >= 11 is 0. The smallest absolute Gasteiger partial charge is 0.00136 e. The molecule has 0 heterocycles. The van der Waals surface area contributed by atoms with Crippen LogP contribution in [0, 0.1) is 6.92 Å². The molecule has 0 fully saturated rings. The molecule has 0 spiro atoms. The molecular formula is C51H30. The fourth-order valence-corrected chi connectivity index (χ4v) is 9.64. The second-order valence-corrected chi connectivity index (χ2v) is 14.4. The first-order valence-electron chi connectivity index (χ1n) is 17.9. The summed E-state index contributed by atoms with van der Waals surface area (Å²) < 4.78 is 0. The SMILES string of the molecule is Cc1ccccc1-c1c2c(cc3c1ccc1c4cc5c(cc4c(-c4ccccc4)cc31)-c1cccc3cccc-5c13)-c1cccc3cccc-2c13. The van der Waals surface area contributed by atoms with Crippen molar-refractivity contribution in [2.75, 3.05) is 0 Å². The van der Waals surface area contributed by atoms with E-state index in [0.29, 0.717) is 0 Å². The molecular weight excluding hydrogens is 613 g/mol. The summed E-state index contributed by atoms with van der Waals surface area (Å²) in [5.41, 5.74) is 17.2. The molecule has 10 aromatic carbocycles. The van der Waals surface area contributed by atoms with Gasteiger partial charge >= 0.3 is 0 Å². The molecule has 0 aliphatic heterocycles.